The van der Waals surface area contributed by atoms with Crippen molar-refractivity contribution in [3.8, 4) is 11.4 Å². The van der Waals surface area contributed by atoms with Gasteiger partial charge in [0.2, 0.25) is 11.1 Å². The normalized spacial score (nSPS) is 17.0. The van der Waals surface area contributed by atoms with Crippen molar-refractivity contribution in [2.75, 3.05) is 0 Å². The number of thioether (sulfide) groups is 1. The number of fused-ring (bicyclic) bond motifs is 1. The smallest absolute Gasteiger partial charge is 0.233 e. The molecule has 1 aromatic heterocycles. The maximum atomic E-state index is 12.7. The molecule has 28 heavy (non-hydrogen) atoms. The summed E-state index contributed by atoms with van der Waals surface area (Å²) in [5, 5.41) is 10.8. The zero-order valence-electron chi connectivity index (χ0n) is 16.1. The molecule has 3 aromatic rings. The third kappa shape index (κ3) is 4.12. The van der Waals surface area contributed by atoms with E-state index in [1.807, 2.05) is 37.3 Å². The van der Waals surface area contributed by atoms with Crippen LogP contribution in [0.4, 0.5) is 0 Å². The monoisotopic (exact) mass is 392 g/mol. The van der Waals surface area contributed by atoms with Gasteiger partial charge < -0.3 is 5.32 Å². The summed E-state index contributed by atoms with van der Waals surface area (Å²) >= 11 is 1.37. The number of nitrogens with one attached hydrogen (secondary N) is 2. The van der Waals surface area contributed by atoms with Gasteiger partial charge in [0.1, 0.15) is 0 Å². The number of aromatic nitrogens is 3. The summed E-state index contributed by atoms with van der Waals surface area (Å²) in [4.78, 5) is 17.3. The van der Waals surface area contributed by atoms with Gasteiger partial charge in [0, 0.05) is 5.56 Å². The van der Waals surface area contributed by atoms with Gasteiger partial charge in [0.25, 0.3) is 0 Å². The molecular weight excluding hydrogens is 368 g/mol. The lowest BCUT2D eigenvalue weighted by Crippen LogP contribution is -2.35. The predicted molar refractivity (Wildman–Crippen MR) is 112 cm³/mol. The lowest BCUT2D eigenvalue weighted by Gasteiger charge is -2.27. The molecule has 2 atom stereocenters. The molecule has 2 N–H and O–H groups in total. The van der Waals surface area contributed by atoms with Gasteiger partial charge in [-0.15, -0.1) is 5.10 Å². The standard InChI is InChI=1S/C22H24N4OS/c1-14-10-12-17(13-11-14)20-24-22(26-25-20)28-15(2)21(27)23-19-9-5-7-16-6-3-4-8-18(16)19/h3-4,6,8,10-13,15,19H,5,7,9H2,1-2H3,(H,23,27)(H,24,25,26)/t15-,19+/m1/s1. The molecule has 2 aromatic carbocycles. The van der Waals surface area contributed by atoms with Gasteiger partial charge in [-0.2, -0.15) is 0 Å². The first-order chi connectivity index (χ1) is 13.6. The summed E-state index contributed by atoms with van der Waals surface area (Å²) in [5.74, 6) is 0.740. The summed E-state index contributed by atoms with van der Waals surface area (Å²) < 4.78 is 0. The Bertz CT molecular complexity index is 967. The van der Waals surface area contributed by atoms with Crippen LogP contribution >= 0.6 is 11.8 Å². The van der Waals surface area contributed by atoms with Gasteiger partial charge in [0.05, 0.1) is 11.3 Å². The highest BCUT2D eigenvalue weighted by atomic mass is 32.2. The average Bonchev–Trinajstić information content (AvgIpc) is 3.17. The maximum Gasteiger partial charge on any atom is 0.233 e. The minimum absolute atomic E-state index is 0.0217. The van der Waals surface area contributed by atoms with Crippen molar-refractivity contribution in [1.29, 1.82) is 0 Å². The van der Waals surface area contributed by atoms with E-state index in [0.29, 0.717) is 5.16 Å². The Balaban J connectivity index is 1.40. The number of H-pyrrole nitrogens is 1. The quantitative estimate of drug-likeness (QED) is 0.629. The lowest BCUT2D eigenvalue weighted by molar-refractivity contribution is -0.121. The Kier molecular flexibility index (Phi) is 5.48. The first-order valence-corrected chi connectivity index (χ1v) is 10.5. The lowest BCUT2D eigenvalue weighted by atomic mass is 9.88. The number of benzene rings is 2. The van der Waals surface area contributed by atoms with Gasteiger partial charge in [0.15, 0.2) is 5.82 Å². The van der Waals surface area contributed by atoms with E-state index < -0.39 is 0 Å². The molecule has 0 saturated heterocycles. The molecule has 0 spiro atoms. The van der Waals surface area contributed by atoms with Crippen LogP contribution in [0.15, 0.2) is 53.7 Å². The maximum absolute atomic E-state index is 12.7. The summed E-state index contributed by atoms with van der Waals surface area (Å²) in [6, 6.07) is 16.6. The fraction of sp³-hybridized carbons (Fsp3) is 0.318. The number of carbonyl (C=O) groups is 1. The molecule has 0 radical (unpaired) electrons. The van der Waals surface area contributed by atoms with Gasteiger partial charge in [-0.25, -0.2) is 4.98 Å². The van der Waals surface area contributed by atoms with Gasteiger partial charge in [-0.3, -0.25) is 9.89 Å². The molecule has 1 aliphatic rings. The van der Waals surface area contributed by atoms with Crippen LogP contribution in [0, 0.1) is 6.92 Å². The summed E-state index contributed by atoms with van der Waals surface area (Å²) in [6.07, 6.45) is 3.18. The van der Waals surface area contributed by atoms with Crippen molar-refractivity contribution in [3.63, 3.8) is 0 Å². The van der Waals surface area contributed by atoms with Gasteiger partial charge in [-0.1, -0.05) is 65.9 Å². The minimum atomic E-state index is -0.268. The zero-order valence-corrected chi connectivity index (χ0v) is 16.9. The van der Waals surface area contributed by atoms with Crippen LogP contribution in [-0.2, 0) is 11.2 Å². The second-order valence-electron chi connectivity index (χ2n) is 7.24. The Morgan fingerprint density at radius 3 is 2.82 bits per heavy atom. The number of rotatable bonds is 5. The largest absolute Gasteiger partial charge is 0.348 e. The van der Waals surface area contributed by atoms with Crippen LogP contribution in [-0.4, -0.2) is 26.3 Å². The highest BCUT2D eigenvalue weighted by molar-refractivity contribution is 8.00. The molecule has 4 rings (SSSR count). The topological polar surface area (TPSA) is 70.7 Å². The van der Waals surface area contributed by atoms with Crippen molar-refractivity contribution < 1.29 is 4.79 Å². The number of aryl methyl sites for hydroxylation is 2. The van der Waals surface area contributed by atoms with E-state index in [9.17, 15) is 4.79 Å². The third-order valence-corrected chi connectivity index (χ3v) is 6.09. The number of hydrogen-bond acceptors (Lipinski definition) is 4. The Morgan fingerprint density at radius 2 is 2.00 bits per heavy atom. The van der Waals surface area contributed by atoms with E-state index in [0.717, 1.165) is 30.7 Å². The molecule has 0 bridgehead atoms. The van der Waals surface area contributed by atoms with Gasteiger partial charge >= 0.3 is 0 Å². The minimum Gasteiger partial charge on any atom is -0.348 e. The number of amides is 1. The Hall–Kier alpha value is -2.60. The van der Waals surface area contributed by atoms with E-state index in [1.54, 1.807) is 0 Å². The molecule has 0 saturated carbocycles. The second kappa shape index (κ2) is 8.19. The molecule has 0 fully saturated rings. The Morgan fingerprint density at radius 1 is 1.21 bits per heavy atom. The van der Waals surface area contributed by atoms with Crippen molar-refractivity contribution >= 4 is 17.7 Å². The first kappa shape index (κ1) is 18.7. The summed E-state index contributed by atoms with van der Waals surface area (Å²) in [7, 11) is 0. The SMILES string of the molecule is Cc1ccc(-c2nc(S[C@H](C)C(=O)N[C@H]3CCCc4ccccc43)n[nH]2)cc1. The molecule has 1 amide bonds. The summed E-state index contributed by atoms with van der Waals surface area (Å²) in [5.41, 5.74) is 4.78. The van der Waals surface area contributed by atoms with Crippen molar-refractivity contribution in [2.24, 2.45) is 0 Å². The first-order valence-electron chi connectivity index (χ1n) is 9.64. The van der Waals surface area contributed by atoms with Crippen LogP contribution < -0.4 is 5.32 Å². The third-order valence-electron chi connectivity index (χ3n) is 5.13. The van der Waals surface area contributed by atoms with Crippen molar-refractivity contribution in [1.82, 2.24) is 20.5 Å². The summed E-state index contributed by atoms with van der Waals surface area (Å²) in [6.45, 7) is 3.95. The number of nitrogens with zero attached hydrogens (tertiary/aromatic N) is 2. The fourth-order valence-corrected chi connectivity index (χ4v) is 4.28. The van der Waals surface area contributed by atoms with E-state index in [4.69, 9.17) is 0 Å². The van der Waals surface area contributed by atoms with Crippen LogP contribution in [0.1, 0.15) is 42.5 Å². The fourth-order valence-electron chi connectivity index (χ4n) is 3.54. The average molecular weight is 393 g/mol. The molecule has 1 heterocycles. The highest BCUT2D eigenvalue weighted by Gasteiger charge is 2.24. The molecule has 0 unspecified atom stereocenters. The van der Waals surface area contributed by atoms with E-state index in [2.05, 4.69) is 45.6 Å². The molecule has 0 aliphatic heterocycles. The number of aromatic amines is 1. The highest BCUT2D eigenvalue weighted by Crippen LogP contribution is 2.30. The van der Waals surface area contributed by atoms with Gasteiger partial charge in [-0.05, 0) is 44.2 Å². The molecule has 1 aliphatic carbocycles. The van der Waals surface area contributed by atoms with Crippen LogP contribution in [0.5, 0.6) is 0 Å². The number of hydrogen-bond donors (Lipinski definition) is 2. The van der Waals surface area contributed by atoms with E-state index >= 15 is 0 Å². The zero-order chi connectivity index (χ0) is 19.5. The van der Waals surface area contributed by atoms with Crippen LogP contribution in [0.2, 0.25) is 0 Å². The molecule has 5 nitrogen and oxygen atoms in total. The van der Waals surface area contributed by atoms with Crippen LogP contribution in [0.25, 0.3) is 11.4 Å². The van der Waals surface area contributed by atoms with Crippen molar-refractivity contribution in [3.05, 3.63) is 65.2 Å². The molecule has 144 valence electrons. The second-order valence-corrected chi connectivity index (χ2v) is 8.55. The molecular formula is C22H24N4OS. The predicted octanol–water partition coefficient (Wildman–Crippen LogP) is 4.45. The Labute approximate surface area is 169 Å². The van der Waals surface area contributed by atoms with E-state index in [1.165, 1.54) is 28.5 Å². The number of carbonyl (C=O) groups excluding carboxylic acids is 1. The van der Waals surface area contributed by atoms with Crippen molar-refractivity contribution in [2.45, 2.75) is 49.6 Å². The molecule has 6 heteroatoms. The van der Waals surface area contributed by atoms with Crippen LogP contribution in [0.3, 0.4) is 0 Å². The van der Waals surface area contributed by atoms with E-state index in [-0.39, 0.29) is 17.2 Å².